The highest BCUT2D eigenvalue weighted by atomic mass is 35.5. The number of nitrogens with two attached hydrogens (primary N) is 1. The Morgan fingerprint density at radius 3 is 2.47 bits per heavy atom. The largest absolute Gasteiger partial charge is 0.390 e. The lowest BCUT2D eigenvalue weighted by molar-refractivity contribution is 0.214. The van der Waals surface area contributed by atoms with Crippen LogP contribution in [-0.4, -0.2) is 46.9 Å². The lowest BCUT2D eigenvalue weighted by atomic mass is 9.88. The lowest BCUT2D eigenvalue weighted by Gasteiger charge is -2.32. The van der Waals surface area contributed by atoms with Crippen LogP contribution < -0.4 is 5.73 Å². The van der Waals surface area contributed by atoms with Crippen LogP contribution in [0.25, 0.3) is 0 Å². The van der Waals surface area contributed by atoms with Crippen molar-refractivity contribution in [3.05, 3.63) is 75.6 Å². The van der Waals surface area contributed by atoms with E-state index in [0.29, 0.717) is 12.0 Å². The van der Waals surface area contributed by atoms with E-state index in [2.05, 4.69) is 63.9 Å². The van der Waals surface area contributed by atoms with Gasteiger partial charge in [0.25, 0.3) is 0 Å². The molecule has 2 fully saturated rings. The van der Waals surface area contributed by atoms with E-state index in [9.17, 15) is 0 Å². The summed E-state index contributed by atoms with van der Waals surface area (Å²) in [6.07, 6.45) is 10.7. The zero-order valence-electron chi connectivity index (χ0n) is 21.2. The zero-order valence-corrected chi connectivity index (χ0v) is 22.0. The summed E-state index contributed by atoms with van der Waals surface area (Å²) in [7, 11) is 0. The van der Waals surface area contributed by atoms with E-state index in [-0.39, 0.29) is 0 Å². The molecule has 1 aromatic heterocycles. The highest BCUT2D eigenvalue weighted by Gasteiger charge is 2.26. The third-order valence-corrected chi connectivity index (χ3v) is 7.81. The van der Waals surface area contributed by atoms with Gasteiger partial charge in [-0.2, -0.15) is 5.10 Å². The summed E-state index contributed by atoms with van der Waals surface area (Å²) in [4.78, 5) is 11.7. The van der Waals surface area contributed by atoms with Gasteiger partial charge in [-0.05, 0) is 88.2 Å². The average Bonchev–Trinajstić information content (AvgIpc) is 3.66. The maximum atomic E-state index is 6.82. The molecule has 2 heterocycles. The molecule has 1 saturated carbocycles. The molecule has 0 spiro atoms. The molecule has 0 atom stereocenters. The summed E-state index contributed by atoms with van der Waals surface area (Å²) in [6.45, 7) is 7.46. The van der Waals surface area contributed by atoms with Gasteiger partial charge in [-0.1, -0.05) is 41.4 Å². The topological polar surface area (TPSA) is 71.8 Å². The molecule has 7 heteroatoms. The molecule has 1 saturated heterocycles. The summed E-state index contributed by atoms with van der Waals surface area (Å²) in [5.41, 5.74) is 13.2. The number of benzene rings is 2. The molecule has 5 rings (SSSR count). The van der Waals surface area contributed by atoms with E-state index in [1.165, 1.54) is 30.3 Å². The fourth-order valence-electron chi connectivity index (χ4n) is 5.08. The summed E-state index contributed by atoms with van der Waals surface area (Å²) < 4.78 is 2.08. The molecule has 2 N–H and O–H groups in total. The number of aryl methyl sites for hydroxylation is 1. The Kier molecular flexibility index (Phi) is 7.54. The second-order valence-electron chi connectivity index (χ2n) is 10.1. The Morgan fingerprint density at radius 2 is 1.78 bits per heavy atom. The van der Waals surface area contributed by atoms with Crippen molar-refractivity contribution in [2.24, 2.45) is 15.7 Å². The number of hydrogen-bond donors (Lipinski definition) is 1. The number of rotatable bonds is 8. The fourth-order valence-corrected chi connectivity index (χ4v) is 5.41. The molecule has 6 nitrogen and oxygen atoms in total. The van der Waals surface area contributed by atoms with Crippen LogP contribution in [0.1, 0.15) is 65.6 Å². The van der Waals surface area contributed by atoms with Gasteiger partial charge in [0.1, 0.15) is 5.69 Å². The predicted octanol–water partition coefficient (Wildman–Crippen LogP) is 6.28. The van der Waals surface area contributed by atoms with Crippen LogP contribution in [0.3, 0.4) is 0 Å². The number of piperidine rings is 1. The molecule has 188 valence electrons. The van der Waals surface area contributed by atoms with E-state index < -0.39 is 0 Å². The SMILES string of the molecule is Cc1ccc(CCN2CCC(c3cc(N=CN)c(C=Nc4cnn(C5CC5)c4C)cc3Cl)CC2)cc1. The van der Waals surface area contributed by atoms with Crippen LogP contribution in [-0.2, 0) is 6.42 Å². The zero-order chi connectivity index (χ0) is 25.1. The number of hydrogen-bond acceptors (Lipinski definition) is 4. The maximum absolute atomic E-state index is 6.82. The van der Waals surface area contributed by atoms with Gasteiger partial charge in [0.05, 0.1) is 30.0 Å². The minimum atomic E-state index is 0.421. The maximum Gasteiger partial charge on any atom is 0.104 e. The quantitative estimate of drug-likeness (QED) is 0.291. The highest BCUT2D eigenvalue weighted by molar-refractivity contribution is 6.32. The van der Waals surface area contributed by atoms with E-state index >= 15 is 0 Å². The molecule has 2 aliphatic rings. The number of likely N-dealkylation sites (tertiary alicyclic amines) is 1. The van der Waals surface area contributed by atoms with E-state index in [0.717, 1.165) is 72.1 Å². The Balaban J connectivity index is 1.25. The predicted molar refractivity (Wildman–Crippen MR) is 150 cm³/mol. The molecule has 0 radical (unpaired) electrons. The molecule has 0 amide bonds. The lowest BCUT2D eigenvalue weighted by Crippen LogP contribution is -2.34. The number of nitrogens with zero attached hydrogens (tertiary/aromatic N) is 5. The van der Waals surface area contributed by atoms with Crippen LogP contribution in [0.4, 0.5) is 11.4 Å². The second-order valence-corrected chi connectivity index (χ2v) is 10.5. The van der Waals surface area contributed by atoms with Gasteiger partial charge < -0.3 is 10.6 Å². The molecule has 0 bridgehead atoms. The van der Waals surface area contributed by atoms with E-state index in [4.69, 9.17) is 22.3 Å². The van der Waals surface area contributed by atoms with E-state index in [1.807, 2.05) is 18.5 Å². The first-order chi connectivity index (χ1) is 17.5. The Bertz CT molecular complexity index is 1250. The van der Waals surface area contributed by atoms with Gasteiger partial charge in [0, 0.05) is 23.3 Å². The number of halogens is 1. The van der Waals surface area contributed by atoms with Crippen molar-refractivity contribution in [1.29, 1.82) is 0 Å². The summed E-state index contributed by atoms with van der Waals surface area (Å²) in [6, 6.07) is 13.5. The molecule has 0 unspecified atom stereocenters. The van der Waals surface area contributed by atoms with Crippen molar-refractivity contribution in [2.75, 3.05) is 19.6 Å². The van der Waals surface area contributed by atoms with Gasteiger partial charge >= 0.3 is 0 Å². The minimum Gasteiger partial charge on any atom is -0.390 e. The smallest absolute Gasteiger partial charge is 0.104 e. The van der Waals surface area contributed by atoms with Crippen molar-refractivity contribution in [2.45, 2.75) is 57.9 Å². The Morgan fingerprint density at radius 1 is 1.03 bits per heavy atom. The van der Waals surface area contributed by atoms with E-state index in [1.54, 1.807) is 0 Å². The van der Waals surface area contributed by atoms with Gasteiger partial charge in [-0.3, -0.25) is 9.67 Å². The molecule has 1 aliphatic heterocycles. The summed E-state index contributed by atoms with van der Waals surface area (Å²) >= 11 is 6.82. The van der Waals surface area contributed by atoms with Gasteiger partial charge in [-0.25, -0.2) is 4.99 Å². The summed E-state index contributed by atoms with van der Waals surface area (Å²) in [5.74, 6) is 0.421. The first-order valence-corrected chi connectivity index (χ1v) is 13.3. The highest BCUT2D eigenvalue weighted by Crippen LogP contribution is 2.38. The van der Waals surface area contributed by atoms with Gasteiger partial charge in [0.2, 0.25) is 0 Å². The number of aromatic nitrogens is 2. The van der Waals surface area contributed by atoms with Crippen LogP contribution in [0.5, 0.6) is 0 Å². The van der Waals surface area contributed by atoms with Crippen molar-refractivity contribution in [3.63, 3.8) is 0 Å². The normalized spacial score (nSPS) is 17.5. The van der Waals surface area contributed by atoms with Crippen molar-refractivity contribution in [1.82, 2.24) is 14.7 Å². The van der Waals surface area contributed by atoms with Crippen LogP contribution in [0.15, 0.2) is 52.6 Å². The van der Waals surface area contributed by atoms with Crippen LogP contribution >= 0.6 is 11.6 Å². The van der Waals surface area contributed by atoms with Crippen LogP contribution in [0.2, 0.25) is 5.02 Å². The standard InChI is InChI=1S/C29H35ClN6/c1-20-3-5-22(6-4-20)9-12-35-13-10-23(11-14-35)26-16-28(33-19-31)24(15-27(26)30)17-32-29-18-34-36(21(29)2)25-7-8-25/h3-6,15-19,23,25H,7-14H2,1-2H3,(H2,31,33). The van der Waals surface area contributed by atoms with Crippen molar-refractivity contribution >= 4 is 35.5 Å². The first-order valence-electron chi connectivity index (χ1n) is 13.0. The monoisotopic (exact) mass is 502 g/mol. The van der Waals surface area contributed by atoms with Gasteiger partial charge in [-0.15, -0.1) is 0 Å². The number of aliphatic imine (C=N–C) groups is 2. The first kappa shape index (κ1) is 24.7. The van der Waals surface area contributed by atoms with Crippen molar-refractivity contribution < 1.29 is 0 Å². The Hall–Kier alpha value is -2.96. The molecular weight excluding hydrogens is 468 g/mol. The fraction of sp³-hybridized carbons (Fsp3) is 0.414. The molecule has 36 heavy (non-hydrogen) atoms. The third kappa shape index (κ3) is 5.71. The minimum absolute atomic E-state index is 0.421. The Labute approximate surface area is 218 Å². The average molecular weight is 503 g/mol. The summed E-state index contributed by atoms with van der Waals surface area (Å²) in [5, 5.41) is 5.28. The molecule has 3 aromatic rings. The third-order valence-electron chi connectivity index (χ3n) is 7.48. The van der Waals surface area contributed by atoms with Gasteiger partial charge in [0.15, 0.2) is 0 Å². The molecule has 2 aromatic carbocycles. The van der Waals surface area contributed by atoms with Crippen molar-refractivity contribution in [3.8, 4) is 0 Å². The second kappa shape index (κ2) is 11.0. The molecule has 1 aliphatic carbocycles. The van der Waals surface area contributed by atoms with Crippen LogP contribution in [0, 0.1) is 13.8 Å². The molecular formula is C29H35ClN6.